The van der Waals surface area contributed by atoms with Gasteiger partial charge in [0.05, 0.1) is 16.8 Å². The van der Waals surface area contributed by atoms with Crippen LogP contribution in [-0.2, 0) is 18.0 Å². The lowest BCUT2D eigenvalue weighted by Gasteiger charge is -2.08. The fourth-order valence-electron chi connectivity index (χ4n) is 2.90. The number of rotatable bonds is 6. The van der Waals surface area contributed by atoms with Crippen LogP contribution in [0.3, 0.4) is 0 Å². The molecule has 142 valence electrons. The minimum Gasteiger partial charge on any atom is -0.489 e. The van der Waals surface area contributed by atoms with Crippen LogP contribution in [0.25, 0.3) is 11.0 Å². The lowest BCUT2D eigenvalue weighted by atomic mass is 10.2. The Bertz CT molecular complexity index is 1070. The second-order valence-electron chi connectivity index (χ2n) is 6.45. The summed E-state index contributed by atoms with van der Waals surface area (Å²) >= 11 is 0. The van der Waals surface area contributed by atoms with Crippen molar-refractivity contribution in [3.05, 3.63) is 82.9 Å². The van der Waals surface area contributed by atoms with Crippen molar-refractivity contribution in [3.8, 4) is 5.75 Å². The third-order valence-corrected chi connectivity index (χ3v) is 4.46. The summed E-state index contributed by atoms with van der Waals surface area (Å²) in [5.74, 6) is 1.45. The first-order valence-electron chi connectivity index (χ1n) is 8.89. The lowest BCUT2D eigenvalue weighted by molar-refractivity contribution is 0.0447. The number of nitrogens with zero attached hydrogens (tertiary/aromatic N) is 1. The Morgan fingerprint density at radius 1 is 1.04 bits per heavy atom. The highest BCUT2D eigenvalue weighted by molar-refractivity contribution is 5.89. The number of carbonyl (C=O) groups excluding carboxylic acids is 1. The van der Waals surface area contributed by atoms with E-state index >= 15 is 0 Å². The van der Waals surface area contributed by atoms with E-state index in [1.54, 1.807) is 24.3 Å². The van der Waals surface area contributed by atoms with Crippen molar-refractivity contribution in [1.82, 2.24) is 5.16 Å². The van der Waals surface area contributed by atoms with Crippen molar-refractivity contribution < 1.29 is 23.2 Å². The molecule has 6 heteroatoms. The summed E-state index contributed by atoms with van der Waals surface area (Å²) in [6, 6.07) is 16.4. The van der Waals surface area contributed by atoms with E-state index in [0.29, 0.717) is 23.7 Å². The fourth-order valence-corrected chi connectivity index (χ4v) is 2.90. The van der Waals surface area contributed by atoms with Gasteiger partial charge in [-0.05, 0) is 44.2 Å². The zero-order valence-electron chi connectivity index (χ0n) is 15.6. The summed E-state index contributed by atoms with van der Waals surface area (Å²) in [6.07, 6.45) is 0. The topological polar surface area (TPSA) is 74.7 Å². The van der Waals surface area contributed by atoms with Gasteiger partial charge in [0, 0.05) is 5.39 Å². The Balaban J connectivity index is 1.39. The Morgan fingerprint density at radius 2 is 1.89 bits per heavy atom. The van der Waals surface area contributed by atoms with Crippen molar-refractivity contribution in [1.29, 1.82) is 0 Å². The maximum Gasteiger partial charge on any atom is 0.338 e. The van der Waals surface area contributed by atoms with Crippen LogP contribution in [-0.4, -0.2) is 11.1 Å². The minimum absolute atomic E-state index is 0.0671. The number of hydrogen-bond acceptors (Lipinski definition) is 6. The summed E-state index contributed by atoms with van der Waals surface area (Å²) in [6.45, 7) is 4.09. The molecule has 2 heterocycles. The average Bonchev–Trinajstić information content (AvgIpc) is 3.27. The zero-order valence-corrected chi connectivity index (χ0v) is 15.6. The van der Waals surface area contributed by atoms with E-state index in [1.807, 2.05) is 44.2 Å². The summed E-state index contributed by atoms with van der Waals surface area (Å²) in [5.41, 5.74) is 2.87. The predicted molar refractivity (Wildman–Crippen MR) is 102 cm³/mol. The SMILES string of the molecule is Cc1noc(C)c1COc1cccc(C(=O)OCc2cc3ccccc3o2)c1. The van der Waals surface area contributed by atoms with Gasteiger partial charge in [-0.25, -0.2) is 4.79 Å². The Morgan fingerprint density at radius 3 is 2.68 bits per heavy atom. The number of fused-ring (bicyclic) bond motifs is 1. The van der Waals surface area contributed by atoms with E-state index in [9.17, 15) is 4.79 Å². The van der Waals surface area contributed by atoms with Crippen LogP contribution in [0.2, 0.25) is 0 Å². The third-order valence-electron chi connectivity index (χ3n) is 4.46. The predicted octanol–water partition coefficient (Wildman–Crippen LogP) is 4.97. The number of aromatic nitrogens is 1. The van der Waals surface area contributed by atoms with Gasteiger partial charge >= 0.3 is 5.97 Å². The molecule has 0 bridgehead atoms. The van der Waals surface area contributed by atoms with Crippen LogP contribution in [0.4, 0.5) is 0 Å². The Kier molecular flexibility index (Phi) is 4.85. The highest BCUT2D eigenvalue weighted by Crippen LogP contribution is 2.21. The average molecular weight is 377 g/mol. The van der Waals surface area contributed by atoms with E-state index in [0.717, 1.165) is 28.0 Å². The van der Waals surface area contributed by atoms with Crippen LogP contribution >= 0.6 is 0 Å². The maximum absolute atomic E-state index is 12.4. The first-order chi connectivity index (χ1) is 13.6. The van der Waals surface area contributed by atoms with Crippen molar-refractivity contribution in [2.45, 2.75) is 27.1 Å². The number of aryl methyl sites for hydroxylation is 2. The normalized spacial score (nSPS) is 10.9. The van der Waals surface area contributed by atoms with Gasteiger partial charge in [0.15, 0.2) is 0 Å². The summed E-state index contributed by atoms with van der Waals surface area (Å²) in [5, 5.41) is 4.88. The van der Waals surface area contributed by atoms with Crippen molar-refractivity contribution in [2.24, 2.45) is 0 Å². The van der Waals surface area contributed by atoms with Gasteiger partial charge in [-0.2, -0.15) is 0 Å². The van der Waals surface area contributed by atoms with Gasteiger partial charge in [-0.15, -0.1) is 0 Å². The fraction of sp³-hybridized carbons (Fsp3) is 0.182. The zero-order chi connectivity index (χ0) is 19.5. The molecule has 0 spiro atoms. The molecule has 0 aliphatic carbocycles. The molecule has 2 aromatic carbocycles. The molecular weight excluding hydrogens is 358 g/mol. The smallest absolute Gasteiger partial charge is 0.338 e. The molecule has 0 radical (unpaired) electrons. The highest BCUT2D eigenvalue weighted by atomic mass is 16.5. The monoisotopic (exact) mass is 377 g/mol. The van der Waals surface area contributed by atoms with Crippen molar-refractivity contribution >= 4 is 16.9 Å². The second-order valence-corrected chi connectivity index (χ2v) is 6.45. The quantitative estimate of drug-likeness (QED) is 0.442. The number of para-hydroxylation sites is 1. The summed E-state index contributed by atoms with van der Waals surface area (Å²) < 4.78 is 21.9. The summed E-state index contributed by atoms with van der Waals surface area (Å²) in [4.78, 5) is 12.4. The molecule has 0 fully saturated rings. The molecule has 0 unspecified atom stereocenters. The van der Waals surface area contributed by atoms with E-state index < -0.39 is 5.97 Å². The molecule has 28 heavy (non-hydrogen) atoms. The summed E-state index contributed by atoms with van der Waals surface area (Å²) in [7, 11) is 0. The highest BCUT2D eigenvalue weighted by Gasteiger charge is 2.13. The van der Waals surface area contributed by atoms with Gasteiger partial charge in [-0.1, -0.05) is 29.4 Å². The van der Waals surface area contributed by atoms with E-state index in [1.165, 1.54) is 0 Å². The molecule has 0 aliphatic heterocycles. The molecule has 2 aromatic heterocycles. The molecule has 0 saturated heterocycles. The van der Waals surface area contributed by atoms with Crippen molar-refractivity contribution in [3.63, 3.8) is 0 Å². The molecule has 6 nitrogen and oxygen atoms in total. The first kappa shape index (κ1) is 17.9. The van der Waals surface area contributed by atoms with E-state index in [-0.39, 0.29) is 6.61 Å². The molecule has 0 saturated carbocycles. The number of esters is 1. The largest absolute Gasteiger partial charge is 0.489 e. The lowest BCUT2D eigenvalue weighted by Crippen LogP contribution is -2.05. The minimum atomic E-state index is -0.441. The molecule has 4 aromatic rings. The molecule has 0 N–H and O–H groups in total. The molecule has 0 amide bonds. The first-order valence-corrected chi connectivity index (χ1v) is 8.89. The van der Waals surface area contributed by atoms with Gasteiger partial charge in [0.2, 0.25) is 0 Å². The van der Waals surface area contributed by atoms with Crippen LogP contribution in [0.1, 0.15) is 33.1 Å². The van der Waals surface area contributed by atoms with Crippen LogP contribution in [0.15, 0.2) is 63.5 Å². The number of furan rings is 1. The van der Waals surface area contributed by atoms with E-state index in [4.69, 9.17) is 18.4 Å². The Hall–Kier alpha value is -3.54. The van der Waals surface area contributed by atoms with Gasteiger partial charge in [0.1, 0.15) is 36.1 Å². The molecular formula is C22H19NO5. The number of benzene rings is 2. The molecule has 0 atom stereocenters. The van der Waals surface area contributed by atoms with Crippen LogP contribution in [0.5, 0.6) is 5.75 Å². The van der Waals surface area contributed by atoms with Crippen LogP contribution < -0.4 is 4.74 Å². The van der Waals surface area contributed by atoms with Gasteiger partial charge in [0.25, 0.3) is 0 Å². The maximum atomic E-state index is 12.4. The van der Waals surface area contributed by atoms with E-state index in [2.05, 4.69) is 5.16 Å². The number of ether oxygens (including phenoxy) is 2. The van der Waals surface area contributed by atoms with Gasteiger partial charge < -0.3 is 18.4 Å². The standard InChI is InChI=1S/C22H19NO5/c1-14-20(15(2)28-23-14)13-25-18-8-5-7-17(11-18)22(24)26-12-19-10-16-6-3-4-9-21(16)27-19/h3-11H,12-13H2,1-2H3. The van der Waals surface area contributed by atoms with Gasteiger partial charge in [-0.3, -0.25) is 0 Å². The molecule has 4 rings (SSSR count). The van der Waals surface area contributed by atoms with Crippen LogP contribution in [0, 0.1) is 13.8 Å². The second kappa shape index (κ2) is 7.60. The number of carbonyl (C=O) groups is 1. The van der Waals surface area contributed by atoms with Crippen molar-refractivity contribution in [2.75, 3.05) is 0 Å². The Labute approximate surface area is 161 Å². The molecule has 0 aliphatic rings. The third kappa shape index (κ3) is 3.76. The number of hydrogen-bond donors (Lipinski definition) is 0.